The Labute approximate surface area is 160 Å². The molecule has 4 aromatic rings. The van der Waals surface area contributed by atoms with Crippen LogP contribution < -0.4 is 5.32 Å². The number of imidazole rings is 1. The Morgan fingerprint density at radius 1 is 1.11 bits per heavy atom. The molecule has 0 fully saturated rings. The Morgan fingerprint density at radius 2 is 1.82 bits per heavy atom. The van der Waals surface area contributed by atoms with Gasteiger partial charge in [0, 0.05) is 11.4 Å². The molecule has 0 aliphatic heterocycles. The number of anilines is 2. The summed E-state index contributed by atoms with van der Waals surface area (Å²) >= 11 is 0. The molecule has 0 atom stereocenters. The van der Waals surface area contributed by atoms with Gasteiger partial charge in [0.2, 0.25) is 0 Å². The highest BCUT2D eigenvalue weighted by atomic mass is 16.4. The topological polar surface area (TPSA) is 97.3 Å². The van der Waals surface area contributed by atoms with Gasteiger partial charge >= 0.3 is 5.97 Å². The van der Waals surface area contributed by atoms with E-state index in [2.05, 4.69) is 25.1 Å². The molecule has 0 radical (unpaired) electrons. The maximum absolute atomic E-state index is 11.0. The van der Waals surface area contributed by atoms with Crippen molar-refractivity contribution >= 4 is 34.3 Å². The van der Waals surface area contributed by atoms with Gasteiger partial charge in [-0.2, -0.15) is 0 Å². The summed E-state index contributed by atoms with van der Waals surface area (Å²) in [5.74, 6) is 0.119. The lowest BCUT2D eigenvalue weighted by Crippen LogP contribution is -2.02. The van der Waals surface area contributed by atoms with Gasteiger partial charge in [-0.25, -0.2) is 24.6 Å². The van der Waals surface area contributed by atoms with E-state index in [0.29, 0.717) is 34.2 Å². The van der Waals surface area contributed by atoms with E-state index in [1.165, 1.54) is 12.1 Å². The van der Waals surface area contributed by atoms with Crippen LogP contribution in [-0.2, 0) is 0 Å². The number of fused-ring (bicyclic) bond motifs is 1. The van der Waals surface area contributed by atoms with Crippen molar-refractivity contribution < 1.29 is 9.90 Å². The van der Waals surface area contributed by atoms with Crippen molar-refractivity contribution in [2.75, 3.05) is 5.32 Å². The predicted octanol–water partition coefficient (Wildman–Crippen LogP) is 4.12. The zero-order valence-electron chi connectivity index (χ0n) is 14.8. The van der Waals surface area contributed by atoms with Crippen LogP contribution in [0.2, 0.25) is 0 Å². The standard InChI is InChI=1S/C20H14N6O2/c1-12-23-18(25-15-5-3-13(4-6-15)20(27)28)17-19(24-12)26(11-22-17)16-9-7-14(21-2)8-10-16/h3-11H,1H3,(H,27,28)(H,23,24,25). The lowest BCUT2D eigenvalue weighted by atomic mass is 10.2. The van der Waals surface area contributed by atoms with Crippen LogP contribution in [0.1, 0.15) is 16.2 Å². The van der Waals surface area contributed by atoms with E-state index in [1.807, 2.05) is 16.7 Å². The number of aromatic nitrogens is 4. The lowest BCUT2D eigenvalue weighted by molar-refractivity contribution is 0.0697. The maximum Gasteiger partial charge on any atom is 0.335 e. The normalized spacial score (nSPS) is 10.6. The zero-order valence-corrected chi connectivity index (χ0v) is 14.8. The van der Waals surface area contributed by atoms with E-state index in [0.717, 1.165) is 5.69 Å². The largest absolute Gasteiger partial charge is 0.478 e. The summed E-state index contributed by atoms with van der Waals surface area (Å²) in [6, 6.07) is 13.5. The highest BCUT2D eigenvalue weighted by Crippen LogP contribution is 2.26. The van der Waals surface area contributed by atoms with Crippen LogP contribution in [0.4, 0.5) is 17.2 Å². The van der Waals surface area contributed by atoms with Gasteiger partial charge in [-0.3, -0.25) is 4.57 Å². The molecule has 4 rings (SSSR count). The predicted molar refractivity (Wildman–Crippen MR) is 104 cm³/mol. The fraction of sp³-hybridized carbons (Fsp3) is 0.0500. The first-order valence-electron chi connectivity index (χ1n) is 8.35. The molecule has 2 N–H and O–H groups in total. The molecule has 0 spiro atoms. The Morgan fingerprint density at radius 3 is 2.46 bits per heavy atom. The summed E-state index contributed by atoms with van der Waals surface area (Å²) in [5, 5.41) is 12.2. The smallest absolute Gasteiger partial charge is 0.335 e. The first-order chi connectivity index (χ1) is 13.5. The Balaban J connectivity index is 1.74. The fourth-order valence-corrected chi connectivity index (χ4v) is 2.81. The maximum atomic E-state index is 11.0. The molecule has 2 heterocycles. The molecule has 8 nitrogen and oxygen atoms in total. The second-order valence-corrected chi connectivity index (χ2v) is 6.04. The second kappa shape index (κ2) is 6.81. The molecule has 0 unspecified atom stereocenters. The third-order valence-corrected chi connectivity index (χ3v) is 4.16. The molecule has 0 saturated heterocycles. The molecule has 136 valence electrons. The summed E-state index contributed by atoms with van der Waals surface area (Å²) in [7, 11) is 0. The second-order valence-electron chi connectivity index (χ2n) is 6.04. The highest BCUT2D eigenvalue weighted by Gasteiger charge is 2.13. The van der Waals surface area contributed by atoms with Crippen LogP contribution >= 0.6 is 0 Å². The van der Waals surface area contributed by atoms with Gasteiger partial charge < -0.3 is 10.4 Å². The van der Waals surface area contributed by atoms with E-state index in [9.17, 15) is 4.79 Å². The van der Waals surface area contributed by atoms with E-state index in [4.69, 9.17) is 11.7 Å². The molecule has 2 aromatic carbocycles. The highest BCUT2D eigenvalue weighted by molar-refractivity contribution is 5.89. The van der Waals surface area contributed by atoms with Crippen molar-refractivity contribution in [1.29, 1.82) is 0 Å². The van der Waals surface area contributed by atoms with E-state index >= 15 is 0 Å². The Bertz CT molecular complexity index is 1220. The van der Waals surface area contributed by atoms with Gasteiger partial charge in [-0.05, 0) is 43.3 Å². The summed E-state index contributed by atoms with van der Waals surface area (Å²) in [4.78, 5) is 27.8. The molecular formula is C20H14N6O2. The SMILES string of the molecule is [C-]#[N+]c1ccc(-n2cnc3c(Nc4ccc(C(=O)O)cc4)nc(C)nc32)cc1. The van der Waals surface area contributed by atoms with Crippen molar-refractivity contribution in [3.8, 4) is 5.69 Å². The van der Waals surface area contributed by atoms with Crippen molar-refractivity contribution in [3.63, 3.8) is 0 Å². The number of aromatic carboxylic acids is 1. The number of hydrogen-bond acceptors (Lipinski definition) is 5. The number of carboxylic acid groups (broad SMARTS) is 1. The van der Waals surface area contributed by atoms with Crippen LogP contribution in [0, 0.1) is 13.5 Å². The van der Waals surface area contributed by atoms with Crippen molar-refractivity contribution in [3.05, 3.63) is 77.7 Å². The van der Waals surface area contributed by atoms with Crippen LogP contribution in [-0.4, -0.2) is 30.6 Å². The van der Waals surface area contributed by atoms with E-state index in [1.54, 1.807) is 37.5 Å². The number of rotatable bonds is 4. The van der Waals surface area contributed by atoms with Crippen LogP contribution in [0.15, 0.2) is 54.9 Å². The van der Waals surface area contributed by atoms with Crippen molar-refractivity contribution in [2.24, 2.45) is 0 Å². The van der Waals surface area contributed by atoms with Gasteiger partial charge in [-0.1, -0.05) is 12.1 Å². The van der Waals surface area contributed by atoms with Crippen LogP contribution in [0.25, 0.3) is 21.7 Å². The molecule has 0 saturated carbocycles. The minimum Gasteiger partial charge on any atom is -0.478 e. The van der Waals surface area contributed by atoms with Crippen LogP contribution in [0.3, 0.4) is 0 Å². The van der Waals surface area contributed by atoms with Gasteiger partial charge in [0.15, 0.2) is 22.7 Å². The molecule has 2 aromatic heterocycles. The number of carboxylic acids is 1. The Kier molecular flexibility index (Phi) is 4.18. The summed E-state index contributed by atoms with van der Waals surface area (Å²) in [5.41, 5.74) is 3.52. The van der Waals surface area contributed by atoms with E-state index < -0.39 is 5.97 Å². The molecule has 0 aliphatic carbocycles. The van der Waals surface area contributed by atoms with Crippen LogP contribution in [0.5, 0.6) is 0 Å². The quantitative estimate of drug-likeness (QED) is 0.525. The summed E-state index contributed by atoms with van der Waals surface area (Å²) < 4.78 is 1.83. The van der Waals surface area contributed by atoms with Crippen molar-refractivity contribution in [2.45, 2.75) is 6.92 Å². The van der Waals surface area contributed by atoms with Crippen molar-refractivity contribution in [1.82, 2.24) is 19.5 Å². The minimum absolute atomic E-state index is 0.210. The van der Waals surface area contributed by atoms with Gasteiger partial charge in [-0.15, -0.1) is 0 Å². The van der Waals surface area contributed by atoms with Gasteiger partial charge in [0.05, 0.1) is 12.1 Å². The first-order valence-corrected chi connectivity index (χ1v) is 8.35. The average Bonchev–Trinajstić information content (AvgIpc) is 3.12. The molecular weight excluding hydrogens is 356 g/mol. The number of carbonyl (C=O) groups is 1. The number of aryl methyl sites for hydroxylation is 1. The first kappa shape index (κ1) is 17.2. The number of benzene rings is 2. The minimum atomic E-state index is -0.977. The molecule has 0 bridgehead atoms. The van der Waals surface area contributed by atoms with E-state index in [-0.39, 0.29) is 5.56 Å². The van der Waals surface area contributed by atoms with Gasteiger partial charge in [0.1, 0.15) is 12.2 Å². The third kappa shape index (κ3) is 3.12. The summed E-state index contributed by atoms with van der Waals surface area (Å²) in [6.07, 6.45) is 1.66. The number of nitrogens with one attached hydrogen (secondary N) is 1. The zero-order chi connectivity index (χ0) is 19.7. The molecule has 0 aliphatic rings. The summed E-state index contributed by atoms with van der Waals surface area (Å²) in [6.45, 7) is 8.85. The molecule has 0 amide bonds. The molecule has 8 heteroatoms. The number of nitrogens with zero attached hydrogens (tertiary/aromatic N) is 5. The fourth-order valence-electron chi connectivity index (χ4n) is 2.81. The monoisotopic (exact) mass is 370 g/mol. The third-order valence-electron chi connectivity index (χ3n) is 4.16. The average molecular weight is 370 g/mol. The molecule has 28 heavy (non-hydrogen) atoms. The van der Waals surface area contributed by atoms with Gasteiger partial charge in [0.25, 0.3) is 0 Å². The lowest BCUT2D eigenvalue weighted by Gasteiger charge is -2.09. The Hall–Kier alpha value is -4.25. The number of hydrogen-bond donors (Lipinski definition) is 2.